The number of thiophene rings is 1. The number of hydrogen-bond donors (Lipinski definition) is 2. The van der Waals surface area contributed by atoms with Crippen molar-refractivity contribution in [2.24, 2.45) is 5.73 Å². The van der Waals surface area contributed by atoms with Crippen LogP contribution in [0.2, 0.25) is 0 Å². The summed E-state index contributed by atoms with van der Waals surface area (Å²) in [5.74, 6) is -1.19. The number of carbonyl (C=O) groups excluding carboxylic acids is 2. The number of carbonyl (C=O) groups is 2. The smallest absolute Gasteiger partial charge is 0.252 e. The lowest BCUT2D eigenvalue weighted by Gasteiger charge is -2.08. The van der Waals surface area contributed by atoms with Crippen LogP contribution in [-0.2, 0) is 11.2 Å². The highest BCUT2D eigenvalue weighted by molar-refractivity contribution is 7.17. The Labute approximate surface area is 194 Å². The molecule has 0 aliphatic carbocycles. The van der Waals surface area contributed by atoms with Crippen LogP contribution in [0, 0.1) is 26.6 Å². The topological polar surface area (TPSA) is 90.0 Å². The van der Waals surface area contributed by atoms with Crippen LogP contribution < -0.4 is 11.1 Å². The molecule has 3 N–H and O–H groups in total. The van der Waals surface area contributed by atoms with Crippen molar-refractivity contribution in [1.29, 1.82) is 0 Å². The number of amides is 2. The number of benzene rings is 2. The average Bonchev–Trinajstić information content (AvgIpc) is 3.25. The Balaban J connectivity index is 1.62. The number of nitrogens with one attached hydrogen (secondary N) is 1. The summed E-state index contributed by atoms with van der Waals surface area (Å²) in [7, 11) is 0. The molecule has 2 aromatic heterocycles. The molecule has 0 fully saturated rings. The van der Waals surface area contributed by atoms with Crippen LogP contribution in [0.25, 0.3) is 16.8 Å². The first-order valence-electron chi connectivity index (χ1n) is 10.4. The summed E-state index contributed by atoms with van der Waals surface area (Å²) in [6, 6.07) is 15.5. The zero-order valence-corrected chi connectivity index (χ0v) is 19.3. The van der Waals surface area contributed by atoms with Crippen molar-refractivity contribution >= 4 is 28.2 Å². The molecule has 6 nitrogen and oxygen atoms in total. The Kier molecular flexibility index (Phi) is 6.11. The third-order valence-corrected chi connectivity index (χ3v) is 6.52. The van der Waals surface area contributed by atoms with Crippen LogP contribution in [0.5, 0.6) is 0 Å². The van der Waals surface area contributed by atoms with Gasteiger partial charge in [-0.25, -0.2) is 9.07 Å². The fraction of sp³-hybridized carbons (Fsp3) is 0.160. The van der Waals surface area contributed by atoms with Gasteiger partial charge in [-0.05, 0) is 50.6 Å². The summed E-state index contributed by atoms with van der Waals surface area (Å²) >= 11 is 1.33. The maximum Gasteiger partial charge on any atom is 0.252 e. The third-order valence-electron chi connectivity index (χ3n) is 5.50. The molecule has 0 aliphatic heterocycles. The molecule has 0 aliphatic rings. The molecule has 168 valence electrons. The Morgan fingerprint density at radius 1 is 1.06 bits per heavy atom. The first-order valence-corrected chi connectivity index (χ1v) is 11.2. The van der Waals surface area contributed by atoms with Crippen molar-refractivity contribution in [1.82, 2.24) is 9.78 Å². The highest BCUT2D eigenvalue weighted by atomic mass is 32.1. The van der Waals surface area contributed by atoms with Crippen LogP contribution in [0.3, 0.4) is 0 Å². The maximum absolute atomic E-state index is 13.3. The summed E-state index contributed by atoms with van der Waals surface area (Å²) in [4.78, 5) is 26.2. The summed E-state index contributed by atoms with van der Waals surface area (Å²) in [5.41, 5.74) is 10.6. The molecule has 0 unspecified atom stereocenters. The largest absolute Gasteiger partial charge is 0.365 e. The number of primary amides is 1. The lowest BCUT2D eigenvalue weighted by molar-refractivity contribution is -0.115. The van der Waals surface area contributed by atoms with Gasteiger partial charge in [0.2, 0.25) is 5.91 Å². The minimum atomic E-state index is -0.593. The molecule has 2 aromatic carbocycles. The summed E-state index contributed by atoms with van der Waals surface area (Å²) < 4.78 is 15.0. The third kappa shape index (κ3) is 4.42. The van der Waals surface area contributed by atoms with E-state index in [4.69, 9.17) is 5.73 Å². The zero-order valence-electron chi connectivity index (χ0n) is 18.5. The van der Waals surface area contributed by atoms with Gasteiger partial charge in [0.05, 0.1) is 23.4 Å². The van der Waals surface area contributed by atoms with Crippen molar-refractivity contribution < 1.29 is 14.0 Å². The molecule has 4 aromatic rings. The molecule has 0 saturated heterocycles. The highest BCUT2D eigenvalue weighted by Crippen LogP contribution is 2.39. The number of nitrogens with two attached hydrogens (primary N) is 1. The standard InChI is InChI=1S/C25H23FN4O2S/c1-14-20(15(2)30(29-14)19-11-9-18(26)10-12-19)13-21(31)28-25-23(24(27)32)22(16(3)33-25)17-7-5-4-6-8-17/h4-12H,13H2,1-3H3,(H2,27,32)(H,28,31). The number of hydrogen-bond acceptors (Lipinski definition) is 4. The summed E-state index contributed by atoms with van der Waals surface area (Å²) in [5, 5.41) is 7.83. The Bertz CT molecular complexity index is 1340. The molecule has 2 amide bonds. The van der Waals surface area contributed by atoms with Gasteiger partial charge in [-0.15, -0.1) is 11.3 Å². The van der Waals surface area contributed by atoms with E-state index in [-0.39, 0.29) is 18.1 Å². The molecule has 0 atom stereocenters. The fourth-order valence-electron chi connectivity index (χ4n) is 3.92. The van der Waals surface area contributed by atoms with E-state index in [9.17, 15) is 14.0 Å². The molecule has 0 spiro atoms. The molecule has 33 heavy (non-hydrogen) atoms. The van der Waals surface area contributed by atoms with Crippen molar-refractivity contribution in [2.45, 2.75) is 27.2 Å². The molecule has 8 heteroatoms. The molecular formula is C25H23FN4O2S. The number of aryl methyl sites for hydroxylation is 2. The first-order chi connectivity index (χ1) is 15.8. The Morgan fingerprint density at radius 3 is 2.36 bits per heavy atom. The maximum atomic E-state index is 13.3. The van der Waals surface area contributed by atoms with E-state index >= 15 is 0 Å². The quantitative estimate of drug-likeness (QED) is 0.425. The van der Waals surface area contributed by atoms with E-state index in [1.165, 1.54) is 23.5 Å². The number of halogens is 1. The predicted molar refractivity (Wildman–Crippen MR) is 128 cm³/mol. The minimum absolute atomic E-state index is 0.0781. The van der Waals surface area contributed by atoms with Crippen molar-refractivity contribution in [3.63, 3.8) is 0 Å². The van der Waals surface area contributed by atoms with Crippen molar-refractivity contribution in [3.8, 4) is 16.8 Å². The number of aromatic nitrogens is 2. The Morgan fingerprint density at radius 2 is 1.73 bits per heavy atom. The molecule has 0 bridgehead atoms. The zero-order chi connectivity index (χ0) is 23.7. The van der Waals surface area contributed by atoms with E-state index in [2.05, 4.69) is 10.4 Å². The van der Waals surface area contributed by atoms with Gasteiger partial charge in [0, 0.05) is 21.7 Å². The first kappa shape index (κ1) is 22.4. The lowest BCUT2D eigenvalue weighted by atomic mass is 10.0. The summed E-state index contributed by atoms with van der Waals surface area (Å²) in [6.45, 7) is 5.59. The van der Waals surface area contributed by atoms with E-state index in [0.717, 1.165) is 27.3 Å². The van der Waals surface area contributed by atoms with Gasteiger partial charge >= 0.3 is 0 Å². The normalized spacial score (nSPS) is 10.9. The second-order valence-electron chi connectivity index (χ2n) is 7.73. The number of rotatable bonds is 6. The van der Waals surface area contributed by atoms with Crippen LogP contribution in [0.1, 0.15) is 32.2 Å². The fourth-order valence-corrected chi connectivity index (χ4v) is 5.01. The van der Waals surface area contributed by atoms with E-state index in [1.807, 2.05) is 51.1 Å². The average molecular weight is 463 g/mol. The lowest BCUT2D eigenvalue weighted by Crippen LogP contribution is -2.19. The van der Waals surface area contributed by atoms with Gasteiger partial charge in [-0.1, -0.05) is 30.3 Å². The van der Waals surface area contributed by atoms with Gasteiger partial charge in [0.1, 0.15) is 10.8 Å². The molecular weight excluding hydrogens is 439 g/mol. The van der Waals surface area contributed by atoms with Crippen molar-refractivity contribution in [2.75, 3.05) is 5.32 Å². The van der Waals surface area contributed by atoms with Gasteiger partial charge in [-0.2, -0.15) is 5.10 Å². The number of nitrogens with zero attached hydrogens (tertiary/aromatic N) is 2. The molecule has 4 rings (SSSR count). The van der Waals surface area contributed by atoms with Gasteiger partial charge in [-0.3, -0.25) is 9.59 Å². The van der Waals surface area contributed by atoms with Crippen molar-refractivity contribution in [3.05, 3.63) is 87.8 Å². The second kappa shape index (κ2) is 8.99. The Hall–Kier alpha value is -3.78. The molecule has 0 radical (unpaired) electrons. The van der Waals surface area contributed by atoms with Crippen LogP contribution in [0.4, 0.5) is 9.39 Å². The predicted octanol–water partition coefficient (Wildman–Crippen LogP) is 4.95. The molecule has 0 saturated carbocycles. The SMILES string of the molecule is Cc1nn(-c2ccc(F)cc2)c(C)c1CC(=O)Nc1sc(C)c(-c2ccccc2)c1C(N)=O. The summed E-state index contributed by atoms with van der Waals surface area (Å²) in [6.07, 6.45) is 0.0781. The van der Waals surface area contributed by atoms with E-state index < -0.39 is 5.91 Å². The van der Waals surface area contributed by atoms with E-state index in [0.29, 0.717) is 21.9 Å². The van der Waals surface area contributed by atoms with Gasteiger partial charge in [0.15, 0.2) is 0 Å². The van der Waals surface area contributed by atoms with Crippen LogP contribution >= 0.6 is 11.3 Å². The van der Waals surface area contributed by atoms with Crippen LogP contribution in [-0.4, -0.2) is 21.6 Å². The minimum Gasteiger partial charge on any atom is -0.365 e. The second-order valence-corrected chi connectivity index (χ2v) is 8.95. The van der Waals surface area contributed by atoms with E-state index in [1.54, 1.807) is 16.8 Å². The number of anilines is 1. The highest BCUT2D eigenvalue weighted by Gasteiger charge is 2.24. The molecule has 2 heterocycles. The van der Waals surface area contributed by atoms with Crippen LogP contribution in [0.15, 0.2) is 54.6 Å². The van der Waals surface area contributed by atoms with Gasteiger partial charge in [0.25, 0.3) is 5.91 Å². The van der Waals surface area contributed by atoms with Gasteiger partial charge < -0.3 is 11.1 Å². The monoisotopic (exact) mass is 462 g/mol.